The molecule has 2 aromatic rings. The van der Waals surface area contributed by atoms with Crippen LogP contribution >= 0.6 is 0 Å². The lowest BCUT2D eigenvalue weighted by atomic mass is 10.1. The van der Waals surface area contributed by atoms with Gasteiger partial charge in [-0.1, -0.05) is 30.3 Å². The Bertz CT molecular complexity index is 713. The van der Waals surface area contributed by atoms with Crippen molar-refractivity contribution in [2.75, 3.05) is 11.9 Å². The standard InChI is InChI=1S/C19H21NO4/c1-13-9-10-14(2)17(11-13)23-12-18(21)24-15(3)19(22)20-16-7-5-4-6-8-16/h4-11,15H,12H2,1-3H3,(H,20,22). The third kappa shape index (κ3) is 5.12. The van der Waals surface area contributed by atoms with E-state index >= 15 is 0 Å². The van der Waals surface area contributed by atoms with Crippen LogP contribution in [0.2, 0.25) is 0 Å². The SMILES string of the molecule is Cc1ccc(C)c(OCC(=O)OC(C)C(=O)Nc2ccccc2)c1. The molecule has 2 aromatic carbocycles. The molecule has 0 aliphatic heterocycles. The second-order valence-corrected chi connectivity index (χ2v) is 5.54. The maximum absolute atomic E-state index is 12.0. The molecule has 0 aliphatic carbocycles. The van der Waals surface area contributed by atoms with Crippen LogP contribution in [0, 0.1) is 13.8 Å². The smallest absolute Gasteiger partial charge is 0.344 e. The maximum atomic E-state index is 12.0. The average molecular weight is 327 g/mol. The molecule has 24 heavy (non-hydrogen) atoms. The van der Waals surface area contributed by atoms with E-state index in [1.807, 2.05) is 50.2 Å². The lowest BCUT2D eigenvalue weighted by Crippen LogP contribution is -2.31. The van der Waals surface area contributed by atoms with Crippen molar-refractivity contribution in [1.29, 1.82) is 0 Å². The number of benzene rings is 2. The van der Waals surface area contributed by atoms with Crippen molar-refractivity contribution in [1.82, 2.24) is 0 Å². The van der Waals surface area contributed by atoms with Crippen molar-refractivity contribution in [2.24, 2.45) is 0 Å². The lowest BCUT2D eigenvalue weighted by Gasteiger charge is -2.14. The number of nitrogens with one attached hydrogen (secondary N) is 1. The van der Waals surface area contributed by atoms with Gasteiger partial charge in [0.1, 0.15) is 5.75 Å². The van der Waals surface area contributed by atoms with E-state index in [0.717, 1.165) is 11.1 Å². The number of hydrogen-bond donors (Lipinski definition) is 1. The molecule has 1 atom stereocenters. The van der Waals surface area contributed by atoms with Gasteiger partial charge in [-0.2, -0.15) is 0 Å². The monoisotopic (exact) mass is 327 g/mol. The Kier molecular flexibility index (Phi) is 5.95. The molecular formula is C19H21NO4. The third-order valence-electron chi connectivity index (χ3n) is 3.41. The van der Waals surface area contributed by atoms with E-state index in [0.29, 0.717) is 11.4 Å². The van der Waals surface area contributed by atoms with Crippen LogP contribution in [-0.4, -0.2) is 24.6 Å². The minimum absolute atomic E-state index is 0.243. The fourth-order valence-corrected chi connectivity index (χ4v) is 2.05. The summed E-state index contributed by atoms with van der Waals surface area (Å²) in [6.45, 7) is 5.12. The quantitative estimate of drug-likeness (QED) is 0.827. The van der Waals surface area contributed by atoms with E-state index in [4.69, 9.17) is 9.47 Å². The van der Waals surface area contributed by atoms with Gasteiger partial charge in [0.25, 0.3) is 5.91 Å². The molecular weight excluding hydrogens is 306 g/mol. The van der Waals surface area contributed by atoms with E-state index in [1.54, 1.807) is 12.1 Å². The van der Waals surface area contributed by atoms with Crippen molar-refractivity contribution in [3.8, 4) is 5.75 Å². The van der Waals surface area contributed by atoms with E-state index in [9.17, 15) is 9.59 Å². The number of para-hydroxylation sites is 1. The molecule has 0 heterocycles. The molecule has 0 radical (unpaired) electrons. The van der Waals surface area contributed by atoms with Crippen LogP contribution in [0.3, 0.4) is 0 Å². The number of esters is 1. The molecule has 0 saturated heterocycles. The second kappa shape index (κ2) is 8.15. The first-order valence-electron chi connectivity index (χ1n) is 7.71. The van der Waals surface area contributed by atoms with Crippen LogP contribution in [0.15, 0.2) is 48.5 Å². The number of carbonyl (C=O) groups is 2. The zero-order valence-electron chi connectivity index (χ0n) is 14.0. The highest BCUT2D eigenvalue weighted by atomic mass is 16.6. The van der Waals surface area contributed by atoms with E-state index < -0.39 is 12.1 Å². The van der Waals surface area contributed by atoms with E-state index in [-0.39, 0.29) is 12.5 Å². The van der Waals surface area contributed by atoms with Crippen LogP contribution < -0.4 is 10.1 Å². The zero-order chi connectivity index (χ0) is 17.5. The van der Waals surface area contributed by atoms with Crippen LogP contribution in [0.25, 0.3) is 0 Å². The molecule has 0 spiro atoms. The van der Waals surface area contributed by atoms with Crippen molar-refractivity contribution in [3.63, 3.8) is 0 Å². The number of aryl methyl sites for hydroxylation is 2. The normalized spacial score (nSPS) is 11.5. The summed E-state index contributed by atoms with van der Waals surface area (Å²) in [5.41, 5.74) is 2.62. The first-order valence-corrected chi connectivity index (χ1v) is 7.71. The highest BCUT2D eigenvalue weighted by Gasteiger charge is 2.18. The number of hydrogen-bond acceptors (Lipinski definition) is 4. The van der Waals surface area contributed by atoms with Gasteiger partial charge in [0, 0.05) is 5.69 Å². The van der Waals surface area contributed by atoms with Gasteiger partial charge in [0.05, 0.1) is 0 Å². The lowest BCUT2D eigenvalue weighted by molar-refractivity contribution is -0.155. The van der Waals surface area contributed by atoms with Crippen molar-refractivity contribution in [3.05, 3.63) is 59.7 Å². The Labute approximate surface area is 141 Å². The van der Waals surface area contributed by atoms with Crippen molar-refractivity contribution < 1.29 is 19.1 Å². The molecule has 0 saturated carbocycles. The largest absolute Gasteiger partial charge is 0.482 e. The number of ether oxygens (including phenoxy) is 2. The fraction of sp³-hybridized carbons (Fsp3) is 0.263. The van der Waals surface area contributed by atoms with Gasteiger partial charge in [0.2, 0.25) is 0 Å². The summed E-state index contributed by atoms with van der Waals surface area (Å²) in [7, 11) is 0. The van der Waals surface area contributed by atoms with Gasteiger partial charge in [-0.3, -0.25) is 4.79 Å². The van der Waals surface area contributed by atoms with Crippen LogP contribution in [0.1, 0.15) is 18.1 Å². The van der Waals surface area contributed by atoms with Crippen molar-refractivity contribution in [2.45, 2.75) is 26.9 Å². The predicted molar refractivity (Wildman–Crippen MR) is 92.0 cm³/mol. The van der Waals surface area contributed by atoms with Crippen molar-refractivity contribution >= 4 is 17.6 Å². The first kappa shape index (κ1) is 17.5. The third-order valence-corrected chi connectivity index (χ3v) is 3.41. The summed E-state index contributed by atoms with van der Waals surface area (Å²) in [4.78, 5) is 23.8. The van der Waals surface area contributed by atoms with E-state index in [1.165, 1.54) is 6.92 Å². The average Bonchev–Trinajstić information content (AvgIpc) is 2.56. The fourth-order valence-electron chi connectivity index (χ4n) is 2.05. The number of amides is 1. The summed E-state index contributed by atoms with van der Waals surface area (Å²) in [6.07, 6.45) is -0.903. The Hall–Kier alpha value is -2.82. The molecule has 1 amide bonds. The number of carbonyl (C=O) groups excluding carboxylic acids is 2. The van der Waals surface area contributed by atoms with Crippen LogP contribution in [0.4, 0.5) is 5.69 Å². The molecule has 126 valence electrons. The summed E-state index contributed by atoms with van der Waals surface area (Å²) in [5.74, 6) is -0.346. The van der Waals surface area contributed by atoms with Gasteiger partial charge in [-0.25, -0.2) is 4.79 Å². The highest BCUT2D eigenvalue weighted by molar-refractivity contribution is 5.95. The molecule has 2 rings (SSSR count). The molecule has 0 aromatic heterocycles. The zero-order valence-corrected chi connectivity index (χ0v) is 14.0. The molecule has 0 fully saturated rings. The predicted octanol–water partition coefficient (Wildman–Crippen LogP) is 3.25. The molecule has 5 heteroatoms. The van der Waals surface area contributed by atoms with Gasteiger partial charge in [-0.15, -0.1) is 0 Å². The highest BCUT2D eigenvalue weighted by Crippen LogP contribution is 2.19. The summed E-state index contributed by atoms with van der Waals surface area (Å²) in [6, 6.07) is 14.7. The maximum Gasteiger partial charge on any atom is 0.344 e. The summed E-state index contributed by atoms with van der Waals surface area (Å²) >= 11 is 0. The summed E-state index contributed by atoms with van der Waals surface area (Å²) in [5, 5.41) is 2.68. The molecule has 1 unspecified atom stereocenters. The number of anilines is 1. The number of rotatable bonds is 6. The topological polar surface area (TPSA) is 64.6 Å². The van der Waals surface area contributed by atoms with Gasteiger partial charge in [0.15, 0.2) is 12.7 Å². The van der Waals surface area contributed by atoms with Gasteiger partial charge < -0.3 is 14.8 Å². The molecule has 5 nitrogen and oxygen atoms in total. The van der Waals surface area contributed by atoms with Gasteiger partial charge in [-0.05, 0) is 50.1 Å². The minimum Gasteiger partial charge on any atom is -0.482 e. The van der Waals surface area contributed by atoms with Gasteiger partial charge >= 0.3 is 5.97 Å². The Morgan fingerprint density at radius 2 is 1.79 bits per heavy atom. The minimum atomic E-state index is -0.903. The second-order valence-electron chi connectivity index (χ2n) is 5.54. The Morgan fingerprint density at radius 3 is 2.50 bits per heavy atom. The Morgan fingerprint density at radius 1 is 1.08 bits per heavy atom. The Balaban J connectivity index is 1.83. The van der Waals surface area contributed by atoms with Crippen LogP contribution in [0.5, 0.6) is 5.75 Å². The molecule has 0 aliphatic rings. The first-order chi connectivity index (χ1) is 11.5. The molecule has 0 bridgehead atoms. The summed E-state index contributed by atoms with van der Waals surface area (Å²) < 4.78 is 10.6. The van der Waals surface area contributed by atoms with Crippen LogP contribution in [-0.2, 0) is 14.3 Å². The van der Waals surface area contributed by atoms with E-state index in [2.05, 4.69) is 5.32 Å². The molecule has 1 N–H and O–H groups in total.